The molecule has 2 atom stereocenters. The number of aliphatic carboxylic acids is 1. The molecule has 1 N–H and O–H groups in total. The molecule has 0 heterocycles. The fourth-order valence-corrected chi connectivity index (χ4v) is 3.82. The van der Waals surface area contributed by atoms with Gasteiger partial charge in [-0.1, -0.05) is 84.5 Å². The highest BCUT2D eigenvalue weighted by atomic mass is 16.4. The van der Waals surface area contributed by atoms with Crippen LogP contribution in [0.5, 0.6) is 0 Å². The van der Waals surface area contributed by atoms with Crippen LogP contribution < -0.4 is 10.4 Å². The van der Waals surface area contributed by atoms with Crippen molar-refractivity contribution in [3.05, 3.63) is 0 Å². The molecule has 0 aromatic carbocycles. The van der Waals surface area contributed by atoms with Crippen molar-refractivity contribution >= 4 is 11.9 Å². The van der Waals surface area contributed by atoms with Gasteiger partial charge < -0.3 is 19.7 Å². The van der Waals surface area contributed by atoms with Crippen molar-refractivity contribution < 1.29 is 19.2 Å². The Morgan fingerprint density at radius 1 is 0.786 bits per heavy atom. The van der Waals surface area contributed by atoms with Gasteiger partial charge in [0.05, 0.1) is 27.2 Å². The number of carbonyl (C=O) groups is 2. The van der Waals surface area contributed by atoms with Crippen molar-refractivity contribution in [2.24, 2.45) is 0 Å². The monoisotopic (exact) mass is 398 g/mol. The number of carboxylic acid groups (broad SMARTS) is 1. The van der Waals surface area contributed by atoms with Gasteiger partial charge in [-0.3, -0.25) is 4.79 Å². The summed E-state index contributed by atoms with van der Waals surface area (Å²) in [6, 6.07) is -1.11. The minimum Gasteiger partial charge on any atom is -0.544 e. The van der Waals surface area contributed by atoms with Crippen LogP contribution in [0.25, 0.3) is 0 Å². The van der Waals surface area contributed by atoms with Crippen LogP contribution in [0.4, 0.5) is 0 Å². The van der Waals surface area contributed by atoms with E-state index >= 15 is 0 Å². The van der Waals surface area contributed by atoms with Gasteiger partial charge in [0.15, 0.2) is 0 Å². The lowest BCUT2D eigenvalue weighted by molar-refractivity contribution is -0.890. The molecule has 5 nitrogen and oxygen atoms in total. The topological polar surface area (TPSA) is 69.2 Å². The van der Waals surface area contributed by atoms with Crippen LogP contribution in [0.15, 0.2) is 0 Å². The SMILES string of the molecule is CCCCCCCCCCCC(=O)NC(CCCCC)C(C(=O)[O-])[N+](C)(C)C. The highest BCUT2D eigenvalue weighted by molar-refractivity contribution is 5.78. The molecule has 0 saturated carbocycles. The van der Waals surface area contributed by atoms with E-state index in [2.05, 4.69) is 19.2 Å². The van der Waals surface area contributed by atoms with Gasteiger partial charge in [0, 0.05) is 6.42 Å². The highest BCUT2D eigenvalue weighted by Crippen LogP contribution is 2.16. The van der Waals surface area contributed by atoms with Crippen molar-refractivity contribution in [2.45, 2.75) is 116 Å². The van der Waals surface area contributed by atoms with Gasteiger partial charge in [0.1, 0.15) is 12.0 Å². The number of carboxylic acids is 1. The summed E-state index contributed by atoms with van der Waals surface area (Å²) in [5.74, 6) is -1.11. The smallest absolute Gasteiger partial charge is 0.220 e. The summed E-state index contributed by atoms with van der Waals surface area (Å²) >= 11 is 0. The first-order chi connectivity index (χ1) is 13.2. The number of unbranched alkanes of at least 4 members (excludes halogenated alkanes) is 10. The Morgan fingerprint density at radius 2 is 1.25 bits per heavy atom. The first kappa shape index (κ1) is 26.9. The summed E-state index contributed by atoms with van der Waals surface area (Å²) in [4.78, 5) is 24.2. The third kappa shape index (κ3) is 13.1. The van der Waals surface area contributed by atoms with E-state index in [0.29, 0.717) is 12.8 Å². The minimum atomic E-state index is -1.09. The van der Waals surface area contributed by atoms with E-state index in [1.165, 1.54) is 44.9 Å². The van der Waals surface area contributed by atoms with E-state index in [0.717, 1.165) is 32.1 Å². The van der Waals surface area contributed by atoms with Crippen LogP contribution in [-0.4, -0.2) is 49.6 Å². The van der Waals surface area contributed by atoms with Gasteiger partial charge in [-0.2, -0.15) is 0 Å². The Morgan fingerprint density at radius 3 is 1.71 bits per heavy atom. The van der Waals surface area contributed by atoms with Gasteiger partial charge in [0.2, 0.25) is 5.91 Å². The Hall–Kier alpha value is -1.10. The van der Waals surface area contributed by atoms with Crippen molar-refractivity contribution in [1.29, 1.82) is 0 Å². The van der Waals surface area contributed by atoms with E-state index in [9.17, 15) is 14.7 Å². The second-order valence-electron chi connectivity index (χ2n) is 9.13. The standard InChI is InChI=1S/C23H46N2O3/c1-6-8-10-11-12-13-14-15-17-19-21(26)24-20(18-16-9-7-2)22(23(27)28)25(3,4)5/h20,22H,6-19H2,1-5H3,(H-,24,26,27,28). The Labute approximate surface area is 173 Å². The second-order valence-corrected chi connectivity index (χ2v) is 9.13. The van der Waals surface area contributed by atoms with Crippen LogP contribution in [0.3, 0.4) is 0 Å². The number of quaternary nitrogens is 1. The largest absolute Gasteiger partial charge is 0.544 e. The summed E-state index contributed by atoms with van der Waals surface area (Å²) in [7, 11) is 5.54. The number of rotatable bonds is 18. The predicted octanol–water partition coefficient (Wildman–Crippen LogP) is 3.80. The third-order valence-electron chi connectivity index (χ3n) is 5.43. The maximum atomic E-state index is 12.4. The van der Waals surface area contributed by atoms with Crippen LogP contribution in [-0.2, 0) is 9.59 Å². The fraction of sp³-hybridized carbons (Fsp3) is 0.913. The van der Waals surface area contributed by atoms with E-state index in [4.69, 9.17) is 0 Å². The molecule has 0 aliphatic carbocycles. The first-order valence-electron chi connectivity index (χ1n) is 11.5. The summed E-state index contributed by atoms with van der Waals surface area (Å²) in [6.07, 6.45) is 15.1. The van der Waals surface area contributed by atoms with Gasteiger partial charge in [-0.15, -0.1) is 0 Å². The van der Waals surface area contributed by atoms with E-state index in [-0.39, 0.29) is 16.4 Å². The molecule has 0 radical (unpaired) electrons. The molecule has 0 aliphatic rings. The molecule has 166 valence electrons. The molecule has 0 fully saturated rings. The Kier molecular flexibility index (Phi) is 15.2. The number of amides is 1. The maximum absolute atomic E-state index is 12.4. The van der Waals surface area contributed by atoms with Crippen LogP contribution in [0, 0.1) is 0 Å². The van der Waals surface area contributed by atoms with Gasteiger partial charge in [0.25, 0.3) is 0 Å². The minimum absolute atomic E-state index is 0.0239. The van der Waals surface area contributed by atoms with Gasteiger partial charge in [-0.05, 0) is 12.8 Å². The molecule has 0 spiro atoms. The Bertz CT molecular complexity index is 419. The van der Waals surface area contributed by atoms with E-state index in [1.54, 1.807) is 0 Å². The van der Waals surface area contributed by atoms with E-state index < -0.39 is 12.0 Å². The number of likely N-dealkylation sites (N-methyl/N-ethyl adjacent to an activating group) is 1. The molecule has 5 heteroatoms. The lowest BCUT2D eigenvalue weighted by Gasteiger charge is -2.40. The zero-order chi connectivity index (χ0) is 21.4. The number of nitrogens with zero attached hydrogens (tertiary/aromatic N) is 1. The fourth-order valence-electron chi connectivity index (χ4n) is 3.82. The molecular formula is C23H46N2O3. The number of hydrogen-bond donors (Lipinski definition) is 1. The molecule has 0 aromatic rings. The molecule has 2 unspecified atom stereocenters. The van der Waals surface area contributed by atoms with Crippen molar-refractivity contribution in [3.8, 4) is 0 Å². The lowest BCUT2D eigenvalue weighted by atomic mass is 9.98. The van der Waals surface area contributed by atoms with E-state index in [1.807, 2.05) is 21.1 Å². The van der Waals surface area contributed by atoms with Crippen molar-refractivity contribution in [1.82, 2.24) is 5.32 Å². The van der Waals surface area contributed by atoms with Crippen LogP contribution in [0.1, 0.15) is 104 Å². The van der Waals surface area contributed by atoms with Crippen molar-refractivity contribution in [2.75, 3.05) is 21.1 Å². The Balaban J connectivity index is 4.35. The molecule has 0 bridgehead atoms. The summed E-state index contributed by atoms with van der Waals surface area (Å²) < 4.78 is 0.247. The quantitative estimate of drug-likeness (QED) is 0.282. The molecule has 28 heavy (non-hydrogen) atoms. The van der Waals surface area contributed by atoms with Crippen molar-refractivity contribution in [3.63, 3.8) is 0 Å². The number of carbonyl (C=O) groups excluding carboxylic acids is 2. The normalized spacial score (nSPS) is 13.9. The average Bonchev–Trinajstić information content (AvgIpc) is 2.59. The maximum Gasteiger partial charge on any atom is 0.220 e. The van der Waals surface area contributed by atoms with Crippen LogP contribution >= 0.6 is 0 Å². The molecular weight excluding hydrogens is 352 g/mol. The molecule has 0 saturated heterocycles. The van der Waals surface area contributed by atoms with Gasteiger partial charge in [-0.25, -0.2) is 0 Å². The first-order valence-corrected chi connectivity index (χ1v) is 11.5. The molecule has 0 aromatic heterocycles. The zero-order valence-electron chi connectivity index (χ0n) is 19.2. The van der Waals surface area contributed by atoms with Gasteiger partial charge >= 0.3 is 0 Å². The number of nitrogens with one attached hydrogen (secondary N) is 1. The third-order valence-corrected chi connectivity index (χ3v) is 5.43. The summed E-state index contributed by atoms with van der Waals surface area (Å²) in [6.45, 7) is 4.35. The second kappa shape index (κ2) is 15.8. The molecule has 0 rings (SSSR count). The lowest BCUT2D eigenvalue weighted by Crippen LogP contribution is -2.64. The van der Waals surface area contributed by atoms with Crippen LogP contribution in [0.2, 0.25) is 0 Å². The molecule has 0 aliphatic heterocycles. The summed E-state index contributed by atoms with van der Waals surface area (Å²) in [5, 5.41) is 14.8. The average molecular weight is 399 g/mol. The number of hydrogen-bond acceptors (Lipinski definition) is 3. The highest BCUT2D eigenvalue weighted by Gasteiger charge is 2.34. The zero-order valence-corrected chi connectivity index (χ0v) is 19.2. The predicted molar refractivity (Wildman–Crippen MR) is 115 cm³/mol. The molecule has 1 amide bonds. The summed E-state index contributed by atoms with van der Waals surface area (Å²) in [5.41, 5.74) is 0.